The maximum absolute atomic E-state index is 14.1. The summed E-state index contributed by atoms with van der Waals surface area (Å²) >= 11 is 0. The summed E-state index contributed by atoms with van der Waals surface area (Å²) in [7, 11) is -5.32. The van der Waals surface area contributed by atoms with Gasteiger partial charge in [-0.25, -0.2) is 4.18 Å². The Bertz CT molecular complexity index is 1880. The van der Waals surface area contributed by atoms with Gasteiger partial charge >= 0.3 is 22.3 Å². The Labute approximate surface area is 548 Å². The first-order chi connectivity index (χ1) is 42.9. The van der Waals surface area contributed by atoms with E-state index < -0.39 is 103 Å². The predicted octanol–water partition coefficient (Wildman–Crippen LogP) is 15.2. The first kappa shape index (κ1) is 84.5. The van der Waals surface area contributed by atoms with Gasteiger partial charge in [0.2, 0.25) is 6.29 Å². The Morgan fingerprint density at radius 1 is 0.433 bits per heavy atom. The monoisotopic (exact) mass is 1310 g/mol. The molecule has 19 atom stereocenters. The topological polar surface area (TPSA) is 265 Å². The SMILES string of the molecule is CCCCCCCCCCCCCCCCCC(=O)O[C@@H]1[C@H](O[C@H]2O[C@H](CO)[C@@H](O)[C@H](O)[C@H]2OS(=O)(=O)O)O[C@@H](CO)[C@H](O)[C@H]1OC(=O)[C@H](C)C[C@@H](C)C[C@@H](C)C[C@@H](C)C[C@@H](C)C[C@@H](C)C[C@@H](C)C[C@@H](C)[C@@H](O)CCCCCCCCCCCCCCCCC. The average molecular weight is 1310 g/mol. The molecule has 2 heterocycles. The first-order valence-electron chi connectivity index (χ1n) is 36.9. The van der Waals surface area contributed by atoms with Gasteiger partial charge in [0.1, 0.15) is 30.5 Å². The number of hydrogen-bond donors (Lipinski definition) is 7. The molecule has 0 aromatic heterocycles. The van der Waals surface area contributed by atoms with Gasteiger partial charge in [0.25, 0.3) is 0 Å². The van der Waals surface area contributed by atoms with Crippen LogP contribution in [0.25, 0.3) is 0 Å². The van der Waals surface area contributed by atoms with Gasteiger partial charge in [-0.15, -0.1) is 0 Å². The van der Waals surface area contributed by atoms with Crippen molar-refractivity contribution < 1.29 is 81.1 Å². The fourth-order valence-corrected chi connectivity index (χ4v) is 15.1. The van der Waals surface area contributed by atoms with Crippen molar-refractivity contribution in [3.63, 3.8) is 0 Å². The number of esters is 2. The van der Waals surface area contributed by atoms with Gasteiger partial charge in [-0.2, -0.15) is 8.42 Å². The first-order valence-corrected chi connectivity index (χ1v) is 38.3. The third-order valence-electron chi connectivity index (χ3n) is 19.3. The minimum atomic E-state index is -5.32. The molecule has 2 saturated heterocycles. The zero-order valence-corrected chi connectivity index (χ0v) is 59.4. The summed E-state index contributed by atoms with van der Waals surface area (Å²) in [6.07, 6.45) is 26.3. The van der Waals surface area contributed by atoms with E-state index in [0.29, 0.717) is 48.3 Å². The second-order valence-electron chi connectivity index (χ2n) is 29.1. The van der Waals surface area contributed by atoms with E-state index in [-0.39, 0.29) is 18.4 Å². The molecule has 0 aromatic rings. The molecule has 0 radical (unpaired) electrons. The third-order valence-corrected chi connectivity index (χ3v) is 19.8. The van der Waals surface area contributed by atoms with E-state index in [9.17, 15) is 53.2 Å². The standard InChI is InChI=1S/C72H138O17S/c1-11-13-15-17-19-21-23-25-27-29-31-33-35-37-39-41-60(75)58(9)48-56(7)46-54(5)44-52(3)43-53(4)45-55(6)47-57(8)49-59(10)70(80)87-67-65(78)62(51-74)85-72(88-71-68(89-90(81,82)83)66(79)64(77)61(50-73)84-71)69(67)86-63(76)42-40-38-36-34-32-30-28-26-24-22-20-18-16-14-12-2/h52-62,64-69,71-75,77-79H,11-51H2,1-10H3,(H,81,82,83)/t52-,53+,54-,55+,56-,57+,58-,59-,60+,61-,62+,64-,65+,66+,67-,68-,69+,71-,72+/m1/s1. The normalized spacial score (nSPS) is 25.4. The molecule has 17 nitrogen and oxygen atoms in total. The molecule has 2 aliphatic rings. The molecule has 2 fully saturated rings. The van der Waals surface area contributed by atoms with Gasteiger partial charge in [0.15, 0.2) is 24.6 Å². The minimum absolute atomic E-state index is 0.0544. The molecule has 0 bridgehead atoms. The lowest BCUT2D eigenvalue weighted by atomic mass is 9.80. The van der Waals surface area contributed by atoms with Crippen molar-refractivity contribution in [2.75, 3.05) is 13.2 Å². The van der Waals surface area contributed by atoms with Crippen molar-refractivity contribution in [3.8, 4) is 0 Å². The number of ether oxygens (including phenoxy) is 5. The number of aliphatic hydroxyl groups is 6. The van der Waals surface area contributed by atoms with Crippen LogP contribution in [0.1, 0.15) is 320 Å². The highest BCUT2D eigenvalue weighted by atomic mass is 32.3. The number of carbonyl (C=O) groups is 2. The van der Waals surface area contributed by atoms with Crippen LogP contribution in [0.5, 0.6) is 0 Å². The van der Waals surface area contributed by atoms with Gasteiger partial charge in [0.05, 0.1) is 25.2 Å². The molecular weight excluding hydrogens is 1170 g/mol. The molecule has 0 saturated carbocycles. The van der Waals surface area contributed by atoms with Crippen LogP contribution in [0.3, 0.4) is 0 Å². The highest BCUT2D eigenvalue weighted by Crippen LogP contribution is 2.36. The summed E-state index contributed by atoms with van der Waals surface area (Å²) in [5.74, 6) is 0.857. The lowest BCUT2D eigenvalue weighted by Crippen LogP contribution is -2.65. The second-order valence-corrected chi connectivity index (χ2v) is 30.1. The van der Waals surface area contributed by atoms with Gasteiger partial charge in [-0.05, 0) is 99.2 Å². The van der Waals surface area contributed by atoms with Crippen molar-refractivity contribution in [1.29, 1.82) is 0 Å². The molecule has 0 aliphatic carbocycles. The number of hydrogen-bond acceptors (Lipinski definition) is 16. The largest absolute Gasteiger partial charge is 0.455 e. The van der Waals surface area contributed by atoms with Crippen molar-refractivity contribution >= 4 is 22.3 Å². The van der Waals surface area contributed by atoms with Crippen LogP contribution in [-0.2, 0) is 47.9 Å². The van der Waals surface area contributed by atoms with E-state index in [1.165, 1.54) is 148 Å². The summed E-state index contributed by atoms with van der Waals surface area (Å²) in [5, 5.41) is 64.5. The molecule has 0 unspecified atom stereocenters. The Morgan fingerprint density at radius 3 is 1.17 bits per heavy atom. The van der Waals surface area contributed by atoms with Gasteiger partial charge < -0.3 is 54.3 Å². The van der Waals surface area contributed by atoms with Gasteiger partial charge in [-0.3, -0.25) is 14.1 Å². The summed E-state index contributed by atoms with van der Waals surface area (Å²) in [6, 6.07) is 0. The lowest BCUT2D eigenvalue weighted by Gasteiger charge is -2.46. The highest BCUT2D eigenvalue weighted by Gasteiger charge is 2.55. The zero-order chi connectivity index (χ0) is 66.9. The summed E-state index contributed by atoms with van der Waals surface area (Å²) < 4.78 is 67.5. The van der Waals surface area contributed by atoms with Crippen LogP contribution in [0.2, 0.25) is 0 Å². The van der Waals surface area contributed by atoms with Gasteiger partial charge in [-0.1, -0.05) is 255 Å². The van der Waals surface area contributed by atoms with Crippen molar-refractivity contribution in [3.05, 3.63) is 0 Å². The average Bonchev–Trinajstić information content (AvgIpc) is 0.821. The van der Waals surface area contributed by atoms with Crippen molar-refractivity contribution in [2.45, 2.75) is 387 Å². The Morgan fingerprint density at radius 2 is 0.778 bits per heavy atom. The van der Waals surface area contributed by atoms with Crippen molar-refractivity contribution in [1.82, 2.24) is 0 Å². The van der Waals surface area contributed by atoms with Crippen LogP contribution in [0, 0.1) is 47.3 Å². The zero-order valence-electron chi connectivity index (χ0n) is 58.6. The summed E-state index contributed by atoms with van der Waals surface area (Å²) in [5.41, 5.74) is 0. The molecule has 0 spiro atoms. The maximum atomic E-state index is 14.1. The molecular formula is C72H138O17S. The molecule has 7 N–H and O–H groups in total. The fraction of sp³-hybridized carbons (Fsp3) is 0.972. The number of unbranched alkanes of at least 4 members (excludes halogenated alkanes) is 28. The summed E-state index contributed by atoms with van der Waals surface area (Å²) in [4.78, 5) is 27.8. The number of aliphatic hydroxyl groups excluding tert-OH is 6. The van der Waals surface area contributed by atoms with Crippen LogP contribution in [0.15, 0.2) is 0 Å². The van der Waals surface area contributed by atoms with E-state index in [4.69, 9.17) is 23.7 Å². The molecule has 0 amide bonds. The molecule has 534 valence electrons. The smallest absolute Gasteiger partial charge is 0.397 e. The number of rotatable bonds is 56. The molecule has 0 aromatic carbocycles. The van der Waals surface area contributed by atoms with E-state index >= 15 is 0 Å². The second kappa shape index (κ2) is 49.9. The molecule has 2 aliphatic heterocycles. The fourth-order valence-electron chi connectivity index (χ4n) is 14.6. The molecule has 2 rings (SSSR count). The van der Waals surface area contributed by atoms with Gasteiger partial charge in [0, 0.05) is 6.42 Å². The third kappa shape index (κ3) is 37.7. The molecule has 90 heavy (non-hydrogen) atoms. The highest BCUT2D eigenvalue weighted by molar-refractivity contribution is 7.80. The maximum Gasteiger partial charge on any atom is 0.397 e. The summed E-state index contributed by atoms with van der Waals surface area (Å²) in [6.45, 7) is 20.5. The lowest BCUT2D eigenvalue weighted by molar-refractivity contribution is -0.374. The van der Waals surface area contributed by atoms with Crippen LogP contribution in [0.4, 0.5) is 0 Å². The Hall–Kier alpha value is -1.55. The van der Waals surface area contributed by atoms with Crippen LogP contribution < -0.4 is 0 Å². The van der Waals surface area contributed by atoms with E-state index in [1.54, 1.807) is 6.92 Å². The Balaban J connectivity index is 1.93. The molecule has 18 heteroatoms. The van der Waals surface area contributed by atoms with E-state index in [2.05, 4.69) is 66.5 Å². The quantitative estimate of drug-likeness (QED) is 0.0169. The predicted molar refractivity (Wildman–Crippen MR) is 358 cm³/mol. The van der Waals surface area contributed by atoms with Crippen molar-refractivity contribution in [2.24, 2.45) is 47.3 Å². The van der Waals surface area contributed by atoms with Crippen LogP contribution in [-0.4, -0.2) is 136 Å². The van der Waals surface area contributed by atoms with E-state index in [1.807, 2.05) is 0 Å². The van der Waals surface area contributed by atoms with E-state index in [0.717, 1.165) is 83.5 Å². The van der Waals surface area contributed by atoms with Crippen LogP contribution >= 0.6 is 0 Å². The Kier molecular flexibility index (Phi) is 46.9. The number of carbonyl (C=O) groups excluding carboxylic acids is 2. The minimum Gasteiger partial charge on any atom is -0.455 e.